The first-order valence-corrected chi connectivity index (χ1v) is 7.12. The molecule has 0 fully saturated rings. The van der Waals surface area contributed by atoms with Gasteiger partial charge in [-0.3, -0.25) is 4.98 Å². The van der Waals surface area contributed by atoms with Crippen LogP contribution in [0.25, 0.3) is 22.5 Å². The molecule has 0 N–H and O–H groups in total. The Balaban J connectivity index is 1.86. The summed E-state index contributed by atoms with van der Waals surface area (Å²) in [5.41, 5.74) is 3.18. The van der Waals surface area contributed by atoms with Crippen LogP contribution in [0.1, 0.15) is 32.1 Å². The summed E-state index contributed by atoms with van der Waals surface area (Å²) in [6.07, 6.45) is 4.61. The highest BCUT2D eigenvalue weighted by Crippen LogP contribution is 2.24. The van der Waals surface area contributed by atoms with Crippen molar-refractivity contribution in [3.63, 3.8) is 0 Å². The van der Waals surface area contributed by atoms with Gasteiger partial charge in [0.2, 0.25) is 11.7 Å². The predicted octanol–water partition coefficient (Wildman–Crippen LogP) is 4.31. The Bertz CT molecular complexity index is 704. The molecule has 2 heterocycles. The van der Waals surface area contributed by atoms with Crippen LogP contribution in [0.15, 0.2) is 53.3 Å². The predicted molar refractivity (Wildman–Crippen MR) is 81.7 cm³/mol. The van der Waals surface area contributed by atoms with Gasteiger partial charge in [-0.05, 0) is 23.6 Å². The van der Waals surface area contributed by atoms with Crippen LogP contribution in [0.2, 0.25) is 0 Å². The standard InChI is InChI=1S/C17H17N3O/c1-3-12(2)17-19-16(20-21-17)14-8-6-13(7-9-14)15-5-4-10-18-11-15/h4-12H,3H2,1-2H3. The second-order valence-corrected chi connectivity index (χ2v) is 5.08. The lowest BCUT2D eigenvalue weighted by Gasteiger charge is -2.01. The number of aromatic nitrogens is 3. The maximum absolute atomic E-state index is 5.32. The summed E-state index contributed by atoms with van der Waals surface area (Å²) in [6.45, 7) is 4.19. The van der Waals surface area contributed by atoms with Crippen molar-refractivity contribution in [3.05, 3.63) is 54.7 Å². The summed E-state index contributed by atoms with van der Waals surface area (Å²) in [5.74, 6) is 1.63. The fourth-order valence-corrected chi connectivity index (χ4v) is 2.07. The van der Waals surface area contributed by atoms with E-state index in [4.69, 9.17) is 4.52 Å². The van der Waals surface area contributed by atoms with Gasteiger partial charge in [0.15, 0.2) is 0 Å². The summed E-state index contributed by atoms with van der Waals surface area (Å²) in [7, 11) is 0. The van der Waals surface area contributed by atoms with Gasteiger partial charge in [-0.25, -0.2) is 0 Å². The molecule has 0 bridgehead atoms. The van der Waals surface area contributed by atoms with Crippen molar-refractivity contribution in [1.29, 1.82) is 0 Å². The van der Waals surface area contributed by atoms with Gasteiger partial charge < -0.3 is 4.52 Å². The molecule has 0 aliphatic rings. The second-order valence-electron chi connectivity index (χ2n) is 5.08. The number of hydrogen-bond acceptors (Lipinski definition) is 4. The molecule has 4 heteroatoms. The van der Waals surface area contributed by atoms with Crippen LogP contribution in [-0.4, -0.2) is 15.1 Å². The third kappa shape index (κ3) is 2.84. The van der Waals surface area contributed by atoms with E-state index in [2.05, 4.69) is 29.0 Å². The van der Waals surface area contributed by atoms with Gasteiger partial charge in [0.25, 0.3) is 0 Å². The van der Waals surface area contributed by atoms with Crippen LogP contribution in [0.5, 0.6) is 0 Å². The summed E-state index contributed by atoms with van der Waals surface area (Å²) in [4.78, 5) is 8.60. The van der Waals surface area contributed by atoms with Gasteiger partial charge >= 0.3 is 0 Å². The average molecular weight is 279 g/mol. The van der Waals surface area contributed by atoms with Crippen LogP contribution in [0, 0.1) is 0 Å². The summed E-state index contributed by atoms with van der Waals surface area (Å²) in [5, 5.41) is 4.06. The highest BCUT2D eigenvalue weighted by Gasteiger charge is 2.13. The van der Waals surface area contributed by atoms with Crippen molar-refractivity contribution in [2.45, 2.75) is 26.2 Å². The molecule has 1 atom stereocenters. The van der Waals surface area contributed by atoms with E-state index in [1.807, 2.05) is 42.6 Å². The molecule has 3 rings (SSSR count). The van der Waals surface area contributed by atoms with Crippen LogP contribution in [-0.2, 0) is 0 Å². The molecule has 0 amide bonds. The van der Waals surface area contributed by atoms with Gasteiger partial charge in [0, 0.05) is 23.9 Å². The zero-order valence-electron chi connectivity index (χ0n) is 12.2. The fraction of sp³-hybridized carbons (Fsp3) is 0.235. The van der Waals surface area contributed by atoms with Crippen LogP contribution in [0.4, 0.5) is 0 Å². The first-order valence-electron chi connectivity index (χ1n) is 7.12. The van der Waals surface area contributed by atoms with Gasteiger partial charge in [-0.15, -0.1) is 0 Å². The molecule has 0 aliphatic carbocycles. The number of hydrogen-bond donors (Lipinski definition) is 0. The zero-order valence-corrected chi connectivity index (χ0v) is 12.2. The summed E-state index contributed by atoms with van der Waals surface area (Å²) in [6, 6.07) is 12.1. The van der Waals surface area contributed by atoms with E-state index in [-0.39, 0.29) is 0 Å². The average Bonchev–Trinajstić information content (AvgIpc) is 3.05. The summed E-state index contributed by atoms with van der Waals surface area (Å²) >= 11 is 0. The van der Waals surface area contributed by atoms with Gasteiger partial charge in [-0.1, -0.05) is 49.3 Å². The molecule has 1 unspecified atom stereocenters. The van der Waals surface area contributed by atoms with E-state index in [1.54, 1.807) is 6.20 Å². The SMILES string of the molecule is CCC(C)c1nc(-c2ccc(-c3cccnc3)cc2)no1. The largest absolute Gasteiger partial charge is 0.339 e. The topological polar surface area (TPSA) is 51.8 Å². The Morgan fingerprint density at radius 3 is 2.48 bits per heavy atom. The maximum Gasteiger partial charge on any atom is 0.229 e. The first-order chi connectivity index (χ1) is 10.3. The molecule has 0 radical (unpaired) electrons. The Morgan fingerprint density at radius 1 is 1.05 bits per heavy atom. The molecule has 106 valence electrons. The monoisotopic (exact) mass is 279 g/mol. The lowest BCUT2D eigenvalue weighted by atomic mass is 10.1. The first kappa shape index (κ1) is 13.5. The van der Waals surface area contributed by atoms with Crippen LogP contribution < -0.4 is 0 Å². The van der Waals surface area contributed by atoms with Crippen LogP contribution >= 0.6 is 0 Å². The minimum Gasteiger partial charge on any atom is -0.339 e. The molecule has 3 aromatic rings. The van der Waals surface area contributed by atoms with E-state index in [0.29, 0.717) is 17.6 Å². The minimum atomic E-state index is 0.293. The molecule has 0 saturated heterocycles. The van der Waals surface area contributed by atoms with E-state index >= 15 is 0 Å². The van der Waals surface area contributed by atoms with Crippen molar-refractivity contribution in [2.75, 3.05) is 0 Å². The van der Waals surface area contributed by atoms with Crippen molar-refractivity contribution in [3.8, 4) is 22.5 Å². The molecule has 2 aromatic heterocycles. The third-order valence-electron chi connectivity index (χ3n) is 3.61. The van der Waals surface area contributed by atoms with E-state index in [0.717, 1.165) is 23.1 Å². The van der Waals surface area contributed by atoms with Crippen molar-refractivity contribution in [2.24, 2.45) is 0 Å². The number of pyridine rings is 1. The Morgan fingerprint density at radius 2 is 1.81 bits per heavy atom. The molecule has 0 spiro atoms. The zero-order chi connectivity index (χ0) is 14.7. The van der Waals surface area contributed by atoms with E-state index in [1.165, 1.54) is 0 Å². The molecule has 4 nitrogen and oxygen atoms in total. The minimum absolute atomic E-state index is 0.293. The number of rotatable bonds is 4. The van der Waals surface area contributed by atoms with Gasteiger partial charge in [0.05, 0.1) is 0 Å². The smallest absolute Gasteiger partial charge is 0.229 e. The van der Waals surface area contributed by atoms with Crippen LogP contribution in [0.3, 0.4) is 0 Å². The lowest BCUT2D eigenvalue weighted by molar-refractivity contribution is 0.357. The highest BCUT2D eigenvalue weighted by molar-refractivity contribution is 5.66. The maximum atomic E-state index is 5.32. The number of benzene rings is 1. The van der Waals surface area contributed by atoms with E-state index in [9.17, 15) is 0 Å². The van der Waals surface area contributed by atoms with Gasteiger partial charge in [0.1, 0.15) is 0 Å². The second kappa shape index (κ2) is 5.87. The quantitative estimate of drug-likeness (QED) is 0.714. The summed E-state index contributed by atoms with van der Waals surface area (Å²) < 4.78 is 5.32. The normalized spacial score (nSPS) is 12.3. The molecular formula is C17H17N3O. The molecule has 21 heavy (non-hydrogen) atoms. The van der Waals surface area contributed by atoms with Crippen molar-refractivity contribution < 1.29 is 4.52 Å². The van der Waals surface area contributed by atoms with Crippen molar-refractivity contribution in [1.82, 2.24) is 15.1 Å². The molecular weight excluding hydrogens is 262 g/mol. The van der Waals surface area contributed by atoms with Crippen molar-refractivity contribution >= 4 is 0 Å². The fourth-order valence-electron chi connectivity index (χ4n) is 2.07. The highest BCUT2D eigenvalue weighted by atomic mass is 16.5. The Labute approximate surface area is 123 Å². The molecule has 0 saturated carbocycles. The van der Waals surface area contributed by atoms with E-state index < -0.39 is 0 Å². The Kier molecular flexibility index (Phi) is 3.77. The lowest BCUT2D eigenvalue weighted by Crippen LogP contribution is -1.91. The van der Waals surface area contributed by atoms with Gasteiger partial charge in [-0.2, -0.15) is 4.98 Å². The third-order valence-corrected chi connectivity index (χ3v) is 3.61. The Hall–Kier alpha value is -2.49. The molecule has 0 aliphatic heterocycles. The number of nitrogens with zero attached hydrogens (tertiary/aromatic N) is 3. The molecule has 1 aromatic carbocycles.